The summed E-state index contributed by atoms with van der Waals surface area (Å²) in [6.07, 6.45) is 14.8. The first-order valence-corrected chi connectivity index (χ1v) is 10.5. The number of allylic oxidation sites excluding steroid dienone is 5. The van der Waals surface area contributed by atoms with Crippen molar-refractivity contribution in [3.05, 3.63) is 35.5 Å². The summed E-state index contributed by atoms with van der Waals surface area (Å²) in [5.74, 6) is 0.602. The van der Waals surface area contributed by atoms with Crippen molar-refractivity contribution < 1.29 is 19.4 Å². The van der Waals surface area contributed by atoms with Gasteiger partial charge >= 0.3 is 5.97 Å². The number of aliphatic hydroxyl groups excluding tert-OH is 1. The molecule has 0 aromatic carbocycles. The molecule has 6 atom stereocenters. The fourth-order valence-corrected chi connectivity index (χ4v) is 5.51. The van der Waals surface area contributed by atoms with Crippen molar-refractivity contribution >= 4 is 5.97 Å². The van der Waals surface area contributed by atoms with Crippen LogP contribution < -0.4 is 0 Å². The van der Waals surface area contributed by atoms with E-state index in [-0.39, 0.29) is 30.8 Å². The standard InChI is InChI=1S/C23H33FO3/c1-15-3-2-4-16(11-15)22-8-5-17(12-19(22)14-24)21-9-7-20(25)13-18(21)6-10-23(26)27/h7,9,11-12,16-18,20-22,25H,2-6,8,10,13-14H2,1H3,(H,26,27). The highest BCUT2D eigenvalue weighted by atomic mass is 19.1. The molecule has 3 nitrogen and oxygen atoms in total. The zero-order chi connectivity index (χ0) is 19.4. The third kappa shape index (κ3) is 5.10. The SMILES string of the molecule is CC1=CC(C2CCC(C3C=CC(O)CC3CCC(=O)O)C=C2CF)CCC1. The van der Waals surface area contributed by atoms with Crippen molar-refractivity contribution in [1.29, 1.82) is 0 Å². The van der Waals surface area contributed by atoms with E-state index in [0.29, 0.717) is 24.7 Å². The molecule has 27 heavy (non-hydrogen) atoms. The first-order valence-electron chi connectivity index (χ1n) is 10.5. The number of rotatable bonds is 6. The Kier molecular flexibility index (Phi) is 6.91. The zero-order valence-electron chi connectivity index (χ0n) is 16.3. The predicted octanol–water partition coefficient (Wildman–Crippen LogP) is 5.07. The summed E-state index contributed by atoms with van der Waals surface area (Å²) in [6.45, 7) is 1.80. The molecule has 0 spiro atoms. The minimum absolute atomic E-state index is 0.128. The number of hydrogen-bond donors (Lipinski definition) is 2. The molecular weight excluding hydrogens is 343 g/mol. The van der Waals surface area contributed by atoms with Crippen molar-refractivity contribution in [1.82, 2.24) is 0 Å². The lowest BCUT2D eigenvalue weighted by molar-refractivity contribution is -0.137. The molecule has 0 aliphatic heterocycles. The maximum Gasteiger partial charge on any atom is 0.303 e. The first-order chi connectivity index (χ1) is 13.0. The lowest BCUT2D eigenvalue weighted by Gasteiger charge is -2.40. The number of carbonyl (C=O) groups is 1. The monoisotopic (exact) mass is 376 g/mol. The number of carboxylic acid groups (broad SMARTS) is 1. The minimum Gasteiger partial charge on any atom is -0.481 e. The Labute approximate surface area is 162 Å². The van der Waals surface area contributed by atoms with Crippen LogP contribution in [0.4, 0.5) is 4.39 Å². The van der Waals surface area contributed by atoms with Crippen LogP contribution in [0, 0.1) is 29.6 Å². The van der Waals surface area contributed by atoms with Crippen LogP contribution in [0.5, 0.6) is 0 Å². The Morgan fingerprint density at radius 3 is 2.70 bits per heavy atom. The highest BCUT2D eigenvalue weighted by Gasteiger charge is 2.36. The van der Waals surface area contributed by atoms with Gasteiger partial charge in [-0.3, -0.25) is 4.79 Å². The summed E-state index contributed by atoms with van der Waals surface area (Å²) in [6, 6.07) is 0. The number of alkyl halides is 1. The second-order valence-electron chi connectivity index (χ2n) is 8.75. The number of hydrogen-bond acceptors (Lipinski definition) is 2. The van der Waals surface area contributed by atoms with E-state index < -0.39 is 12.1 Å². The van der Waals surface area contributed by atoms with Gasteiger partial charge in [0.25, 0.3) is 0 Å². The van der Waals surface area contributed by atoms with Crippen LogP contribution in [0.2, 0.25) is 0 Å². The van der Waals surface area contributed by atoms with Gasteiger partial charge in [-0.25, -0.2) is 4.39 Å². The maximum absolute atomic E-state index is 13.9. The second-order valence-corrected chi connectivity index (χ2v) is 8.75. The van der Waals surface area contributed by atoms with Crippen molar-refractivity contribution in [3.63, 3.8) is 0 Å². The fourth-order valence-electron chi connectivity index (χ4n) is 5.51. The Bertz CT molecular complexity index is 621. The minimum atomic E-state index is -0.791. The Balaban J connectivity index is 1.76. The van der Waals surface area contributed by atoms with Gasteiger partial charge in [-0.15, -0.1) is 0 Å². The molecule has 0 aromatic rings. The highest BCUT2D eigenvalue weighted by Crippen LogP contribution is 2.44. The van der Waals surface area contributed by atoms with Gasteiger partial charge in [0.1, 0.15) is 6.67 Å². The van der Waals surface area contributed by atoms with E-state index in [9.17, 15) is 14.3 Å². The maximum atomic E-state index is 13.9. The van der Waals surface area contributed by atoms with Gasteiger partial charge in [-0.2, -0.15) is 0 Å². The molecule has 0 bridgehead atoms. The average molecular weight is 377 g/mol. The highest BCUT2D eigenvalue weighted by molar-refractivity contribution is 5.66. The molecule has 2 N–H and O–H groups in total. The summed E-state index contributed by atoms with van der Waals surface area (Å²) in [7, 11) is 0. The van der Waals surface area contributed by atoms with E-state index in [1.54, 1.807) is 0 Å². The molecular formula is C23H33FO3. The molecule has 3 rings (SSSR count). The van der Waals surface area contributed by atoms with Crippen LogP contribution in [0.25, 0.3) is 0 Å². The van der Waals surface area contributed by atoms with Gasteiger partial charge in [-0.1, -0.05) is 29.9 Å². The van der Waals surface area contributed by atoms with Crippen LogP contribution in [-0.4, -0.2) is 29.0 Å². The second kappa shape index (κ2) is 9.18. The summed E-state index contributed by atoms with van der Waals surface area (Å²) >= 11 is 0. The van der Waals surface area contributed by atoms with Crippen molar-refractivity contribution in [2.75, 3.05) is 6.67 Å². The van der Waals surface area contributed by atoms with Crippen molar-refractivity contribution in [2.45, 2.75) is 64.4 Å². The first kappa shape index (κ1) is 20.3. The number of carboxylic acids is 1. The van der Waals surface area contributed by atoms with Gasteiger partial charge in [0.05, 0.1) is 6.10 Å². The predicted molar refractivity (Wildman–Crippen MR) is 105 cm³/mol. The van der Waals surface area contributed by atoms with Crippen molar-refractivity contribution in [3.8, 4) is 0 Å². The Morgan fingerprint density at radius 1 is 1.19 bits per heavy atom. The molecule has 0 aromatic heterocycles. The van der Waals surface area contributed by atoms with Gasteiger partial charge in [0.15, 0.2) is 0 Å². The molecule has 6 unspecified atom stereocenters. The van der Waals surface area contributed by atoms with E-state index in [4.69, 9.17) is 5.11 Å². The van der Waals surface area contributed by atoms with Gasteiger partial charge in [0.2, 0.25) is 0 Å². The van der Waals surface area contributed by atoms with Gasteiger partial charge in [-0.05, 0) is 87.0 Å². The number of aliphatic hydroxyl groups is 1. The van der Waals surface area contributed by atoms with E-state index >= 15 is 0 Å². The van der Waals surface area contributed by atoms with Crippen LogP contribution in [0.15, 0.2) is 35.5 Å². The van der Waals surface area contributed by atoms with E-state index in [0.717, 1.165) is 24.8 Å². The normalized spacial score (nSPS) is 36.9. The third-order valence-electron chi connectivity index (χ3n) is 6.86. The van der Waals surface area contributed by atoms with Gasteiger partial charge < -0.3 is 10.2 Å². The van der Waals surface area contributed by atoms with Crippen molar-refractivity contribution in [2.24, 2.45) is 29.6 Å². The zero-order valence-corrected chi connectivity index (χ0v) is 16.3. The van der Waals surface area contributed by atoms with Crippen LogP contribution in [0.1, 0.15) is 58.3 Å². The molecule has 150 valence electrons. The van der Waals surface area contributed by atoms with Crippen LogP contribution >= 0.6 is 0 Å². The number of halogens is 1. The largest absolute Gasteiger partial charge is 0.481 e. The molecule has 0 saturated heterocycles. The summed E-state index contributed by atoms with van der Waals surface area (Å²) in [4.78, 5) is 11.0. The quantitative estimate of drug-likeness (QED) is 0.636. The Morgan fingerprint density at radius 2 is 2.00 bits per heavy atom. The lowest BCUT2D eigenvalue weighted by atomic mass is 9.66. The van der Waals surface area contributed by atoms with Gasteiger partial charge in [0, 0.05) is 6.42 Å². The average Bonchev–Trinajstić information content (AvgIpc) is 2.66. The van der Waals surface area contributed by atoms with Crippen LogP contribution in [-0.2, 0) is 4.79 Å². The molecule has 0 radical (unpaired) electrons. The third-order valence-corrected chi connectivity index (χ3v) is 6.86. The smallest absolute Gasteiger partial charge is 0.303 e. The Hall–Kier alpha value is -1.42. The lowest BCUT2D eigenvalue weighted by Crippen LogP contribution is -2.32. The summed E-state index contributed by atoms with van der Waals surface area (Å²) in [5, 5.41) is 19.0. The molecule has 3 aliphatic carbocycles. The molecule has 0 amide bonds. The molecule has 0 heterocycles. The molecule has 4 heteroatoms. The summed E-state index contributed by atoms with van der Waals surface area (Å²) in [5.41, 5.74) is 2.38. The van der Waals surface area contributed by atoms with E-state index in [1.807, 2.05) is 6.08 Å². The fraction of sp³-hybridized carbons (Fsp3) is 0.696. The topological polar surface area (TPSA) is 57.5 Å². The van der Waals surface area contributed by atoms with Crippen LogP contribution in [0.3, 0.4) is 0 Å². The molecule has 0 saturated carbocycles. The number of aliphatic carboxylic acids is 1. The van der Waals surface area contributed by atoms with E-state index in [1.165, 1.54) is 18.4 Å². The molecule has 3 aliphatic rings. The molecule has 0 fully saturated rings. The van der Waals surface area contributed by atoms with E-state index in [2.05, 4.69) is 25.2 Å². The summed E-state index contributed by atoms with van der Waals surface area (Å²) < 4.78 is 13.9.